The van der Waals surface area contributed by atoms with Crippen LogP contribution in [0.25, 0.3) is 21.8 Å². The fourth-order valence-electron chi connectivity index (χ4n) is 8.82. The van der Waals surface area contributed by atoms with E-state index in [1.807, 2.05) is 53.8 Å². The van der Waals surface area contributed by atoms with Gasteiger partial charge in [-0.05, 0) is 99.2 Å². The largest absolute Gasteiger partial charge is 0.341 e. The van der Waals surface area contributed by atoms with Gasteiger partial charge in [-0.1, -0.05) is 24.3 Å². The van der Waals surface area contributed by atoms with Crippen LogP contribution < -0.4 is 10.9 Å². The second kappa shape index (κ2) is 14.5. The highest BCUT2D eigenvalue weighted by Crippen LogP contribution is 2.30. The molecule has 5 aromatic rings. The molecule has 8 rings (SSSR count). The van der Waals surface area contributed by atoms with Crippen LogP contribution in [0.5, 0.6) is 0 Å². The second-order valence-corrected chi connectivity index (χ2v) is 15.0. The number of H-pyrrole nitrogens is 2. The molecule has 0 spiro atoms. The third kappa shape index (κ3) is 6.93. The van der Waals surface area contributed by atoms with Gasteiger partial charge in [0.25, 0.3) is 5.56 Å². The van der Waals surface area contributed by atoms with Crippen molar-refractivity contribution < 1.29 is 9.59 Å². The standard InChI is InChI=1S/C39H48N10O3/c1-25-19-26(20-30-23-40-44-35(25)30)21-34(38(51)48-17-11-31(12-18-48)47-13-9-28(10-14-47)36-45-41-24-46(36)2)43-39(52)49-15-7-27(8-16-49)32-22-29-5-3-4-6-33(29)42-37(32)50/h3-6,19-20,22-24,27-28,31,34H,7-18,21H2,1-2H3,(H,40,44)(H,42,50)(H,43,52)/t34-/m0/s1. The Morgan fingerprint density at radius 2 is 1.63 bits per heavy atom. The number of amides is 3. The van der Waals surface area contributed by atoms with E-state index >= 15 is 0 Å². The zero-order valence-electron chi connectivity index (χ0n) is 30.1. The molecule has 3 saturated heterocycles. The molecule has 6 heterocycles. The Hall–Kier alpha value is -5.04. The van der Waals surface area contributed by atoms with Crippen LogP contribution in [-0.2, 0) is 18.3 Å². The number of carbonyl (C=O) groups is 2. The van der Waals surface area contributed by atoms with Crippen LogP contribution in [-0.4, -0.2) is 108 Å². The van der Waals surface area contributed by atoms with Crippen molar-refractivity contribution in [3.8, 4) is 0 Å². The molecule has 3 aromatic heterocycles. The van der Waals surface area contributed by atoms with Crippen LogP contribution in [0.3, 0.4) is 0 Å². The molecule has 52 heavy (non-hydrogen) atoms. The van der Waals surface area contributed by atoms with Crippen LogP contribution in [0.1, 0.15) is 72.9 Å². The second-order valence-electron chi connectivity index (χ2n) is 15.0. The van der Waals surface area contributed by atoms with Crippen molar-refractivity contribution in [2.45, 2.75) is 75.8 Å². The molecule has 3 aliphatic heterocycles. The Balaban J connectivity index is 0.918. The highest BCUT2D eigenvalue weighted by atomic mass is 16.2. The molecule has 13 nitrogen and oxygen atoms in total. The predicted octanol–water partition coefficient (Wildman–Crippen LogP) is 4.21. The lowest BCUT2D eigenvalue weighted by atomic mass is 9.89. The third-order valence-electron chi connectivity index (χ3n) is 11.8. The zero-order chi connectivity index (χ0) is 35.8. The van der Waals surface area contributed by atoms with Gasteiger partial charge in [0.15, 0.2) is 0 Å². The van der Waals surface area contributed by atoms with Crippen LogP contribution in [0.2, 0.25) is 0 Å². The van der Waals surface area contributed by atoms with E-state index in [2.05, 4.69) is 47.7 Å². The molecule has 3 amide bonds. The maximum Gasteiger partial charge on any atom is 0.318 e. The van der Waals surface area contributed by atoms with Crippen molar-refractivity contribution in [2.24, 2.45) is 7.05 Å². The minimum atomic E-state index is -0.698. The number of aromatic amines is 2. The molecule has 0 unspecified atom stereocenters. The molecule has 0 aliphatic carbocycles. The molecule has 13 heteroatoms. The summed E-state index contributed by atoms with van der Waals surface area (Å²) < 4.78 is 2.03. The molecular formula is C39H48N10O3. The van der Waals surface area contributed by atoms with Crippen LogP contribution >= 0.6 is 0 Å². The number of hydrogen-bond donors (Lipinski definition) is 3. The Morgan fingerprint density at radius 3 is 2.38 bits per heavy atom. The number of piperidine rings is 3. The van der Waals surface area contributed by atoms with E-state index < -0.39 is 6.04 Å². The van der Waals surface area contributed by atoms with Gasteiger partial charge in [0.2, 0.25) is 5.91 Å². The third-order valence-corrected chi connectivity index (χ3v) is 11.8. The topological polar surface area (TPSA) is 148 Å². The lowest BCUT2D eigenvalue weighted by molar-refractivity contribution is -0.135. The number of carbonyl (C=O) groups excluding carboxylic acids is 2. The summed E-state index contributed by atoms with van der Waals surface area (Å²) in [5.41, 5.74) is 4.56. The number of hydrogen-bond acceptors (Lipinski definition) is 7. The summed E-state index contributed by atoms with van der Waals surface area (Å²) in [6, 6.07) is 13.5. The van der Waals surface area contributed by atoms with E-state index in [0.717, 1.165) is 83.1 Å². The summed E-state index contributed by atoms with van der Waals surface area (Å²) >= 11 is 0. The van der Waals surface area contributed by atoms with Crippen molar-refractivity contribution in [1.29, 1.82) is 0 Å². The van der Waals surface area contributed by atoms with Crippen LogP contribution in [0, 0.1) is 6.92 Å². The molecule has 2 aromatic carbocycles. The highest BCUT2D eigenvalue weighted by Gasteiger charge is 2.35. The molecule has 272 valence electrons. The molecule has 0 bridgehead atoms. The number of aryl methyl sites for hydroxylation is 2. The number of urea groups is 1. The minimum Gasteiger partial charge on any atom is -0.341 e. The fraction of sp³-hybridized carbons (Fsp3) is 0.487. The van der Waals surface area contributed by atoms with Gasteiger partial charge in [0.05, 0.1) is 11.7 Å². The zero-order valence-corrected chi connectivity index (χ0v) is 30.1. The van der Waals surface area contributed by atoms with Crippen LogP contribution in [0.4, 0.5) is 4.79 Å². The average molecular weight is 705 g/mol. The number of rotatable bonds is 7. The molecule has 3 fully saturated rings. The molecule has 3 N–H and O–H groups in total. The van der Waals surface area contributed by atoms with Crippen molar-refractivity contribution in [3.63, 3.8) is 0 Å². The van der Waals surface area contributed by atoms with E-state index in [9.17, 15) is 14.4 Å². The number of para-hydroxylation sites is 1. The SMILES string of the molecule is Cc1cc(C[C@H](NC(=O)N2CCC(c3cc4ccccc4[nH]c3=O)CC2)C(=O)N2CCC(N3CCC(c4nncn4C)CC3)CC2)cc2cn[nH]c12. The van der Waals surface area contributed by atoms with Gasteiger partial charge >= 0.3 is 6.03 Å². The predicted molar refractivity (Wildman–Crippen MR) is 199 cm³/mol. The van der Waals surface area contributed by atoms with Gasteiger partial charge in [-0.25, -0.2) is 4.79 Å². The Kier molecular flexibility index (Phi) is 9.52. The van der Waals surface area contributed by atoms with E-state index in [-0.39, 0.29) is 23.4 Å². The number of nitrogens with one attached hydrogen (secondary N) is 3. The normalized spacial score (nSPS) is 19.0. The van der Waals surface area contributed by atoms with E-state index in [4.69, 9.17) is 0 Å². The summed E-state index contributed by atoms with van der Waals surface area (Å²) in [6.45, 7) is 6.46. The maximum atomic E-state index is 14.3. The Morgan fingerprint density at radius 1 is 0.904 bits per heavy atom. The smallest absolute Gasteiger partial charge is 0.318 e. The van der Waals surface area contributed by atoms with E-state index in [1.54, 1.807) is 17.4 Å². The Bertz CT molecular complexity index is 2110. The van der Waals surface area contributed by atoms with E-state index in [0.29, 0.717) is 57.4 Å². The number of benzene rings is 2. The number of pyridine rings is 1. The van der Waals surface area contributed by atoms with Gasteiger partial charge in [0, 0.05) is 68.1 Å². The first-order valence-corrected chi connectivity index (χ1v) is 18.8. The molecule has 1 atom stereocenters. The molecule has 0 radical (unpaired) electrons. The van der Waals surface area contributed by atoms with E-state index in [1.165, 1.54) is 0 Å². The van der Waals surface area contributed by atoms with Crippen LogP contribution in [0.15, 0.2) is 59.8 Å². The maximum absolute atomic E-state index is 14.3. The van der Waals surface area contributed by atoms with Crippen molar-refractivity contribution >= 4 is 33.7 Å². The van der Waals surface area contributed by atoms with Gasteiger partial charge in [-0.2, -0.15) is 5.10 Å². The molecule has 3 aliphatic rings. The van der Waals surface area contributed by atoms with Gasteiger partial charge < -0.3 is 29.6 Å². The van der Waals surface area contributed by atoms with Gasteiger partial charge in [0.1, 0.15) is 18.2 Å². The number of nitrogens with zero attached hydrogens (tertiary/aromatic N) is 7. The first kappa shape index (κ1) is 34.1. The minimum absolute atomic E-state index is 0.0321. The monoisotopic (exact) mass is 704 g/mol. The van der Waals surface area contributed by atoms with Crippen molar-refractivity contribution in [1.82, 2.24) is 50.0 Å². The summed E-state index contributed by atoms with van der Waals surface area (Å²) in [7, 11) is 2.01. The number of aromatic nitrogens is 6. The Labute approximate surface area is 302 Å². The summed E-state index contributed by atoms with van der Waals surface area (Å²) in [5, 5.41) is 20.8. The number of likely N-dealkylation sites (tertiary alicyclic amines) is 3. The molecular weight excluding hydrogens is 656 g/mol. The summed E-state index contributed by atoms with van der Waals surface area (Å²) in [4.78, 5) is 50.5. The molecule has 0 saturated carbocycles. The van der Waals surface area contributed by atoms with Gasteiger partial charge in [-0.15, -0.1) is 10.2 Å². The first-order chi connectivity index (χ1) is 25.3. The van der Waals surface area contributed by atoms with Crippen molar-refractivity contribution in [3.05, 3.63) is 87.9 Å². The average Bonchev–Trinajstić information content (AvgIpc) is 3.83. The summed E-state index contributed by atoms with van der Waals surface area (Å²) in [5.74, 6) is 1.54. The lowest BCUT2D eigenvalue weighted by Crippen LogP contribution is -2.56. The fourth-order valence-corrected chi connectivity index (χ4v) is 8.82. The number of fused-ring (bicyclic) bond motifs is 2. The van der Waals surface area contributed by atoms with Crippen molar-refractivity contribution in [2.75, 3.05) is 39.3 Å². The van der Waals surface area contributed by atoms with Gasteiger partial charge in [-0.3, -0.25) is 14.7 Å². The first-order valence-electron chi connectivity index (χ1n) is 18.8. The lowest BCUT2D eigenvalue weighted by Gasteiger charge is -2.42. The highest BCUT2D eigenvalue weighted by molar-refractivity contribution is 5.88. The quantitative estimate of drug-likeness (QED) is 0.230. The summed E-state index contributed by atoms with van der Waals surface area (Å²) in [6.07, 6.45) is 9.31.